The van der Waals surface area contributed by atoms with E-state index in [4.69, 9.17) is 5.26 Å². The van der Waals surface area contributed by atoms with Gasteiger partial charge in [0.05, 0.1) is 11.6 Å². The van der Waals surface area contributed by atoms with Crippen molar-refractivity contribution in [1.82, 2.24) is 5.32 Å². The SMILES string of the molecule is Cc1ccc(C#N)c(C2CCNC2)c1. The maximum absolute atomic E-state index is 9.00. The summed E-state index contributed by atoms with van der Waals surface area (Å²) in [7, 11) is 0. The van der Waals surface area contributed by atoms with Gasteiger partial charge in [0.2, 0.25) is 0 Å². The molecule has 1 aromatic rings. The molecule has 14 heavy (non-hydrogen) atoms. The fourth-order valence-electron chi connectivity index (χ4n) is 2.04. The molecule has 1 saturated heterocycles. The van der Waals surface area contributed by atoms with Crippen molar-refractivity contribution in [2.75, 3.05) is 13.1 Å². The summed E-state index contributed by atoms with van der Waals surface area (Å²) in [6.45, 7) is 4.16. The molecule has 1 N–H and O–H groups in total. The minimum atomic E-state index is 0.532. The first-order valence-electron chi connectivity index (χ1n) is 5.02. The number of aryl methyl sites for hydroxylation is 1. The Hall–Kier alpha value is -1.33. The van der Waals surface area contributed by atoms with E-state index in [9.17, 15) is 0 Å². The molecule has 1 atom stereocenters. The molecule has 1 aliphatic heterocycles. The zero-order chi connectivity index (χ0) is 9.97. The van der Waals surface area contributed by atoms with Crippen LogP contribution in [-0.4, -0.2) is 13.1 Å². The number of nitriles is 1. The maximum Gasteiger partial charge on any atom is 0.0994 e. The van der Waals surface area contributed by atoms with E-state index < -0.39 is 0 Å². The molecule has 0 bridgehead atoms. The third-order valence-electron chi connectivity index (χ3n) is 2.83. The number of nitrogens with one attached hydrogen (secondary N) is 1. The van der Waals surface area contributed by atoms with Gasteiger partial charge in [0.1, 0.15) is 0 Å². The van der Waals surface area contributed by atoms with E-state index >= 15 is 0 Å². The average Bonchev–Trinajstić information content (AvgIpc) is 2.70. The number of nitrogens with zero attached hydrogens (tertiary/aromatic N) is 1. The van der Waals surface area contributed by atoms with Crippen LogP contribution in [0.4, 0.5) is 0 Å². The predicted molar refractivity (Wildman–Crippen MR) is 56.1 cm³/mol. The van der Waals surface area contributed by atoms with Crippen LogP contribution in [0.25, 0.3) is 0 Å². The quantitative estimate of drug-likeness (QED) is 0.727. The van der Waals surface area contributed by atoms with E-state index in [2.05, 4.69) is 24.4 Å². The Morgan fingerprint density at radius 3 is 3.00 bits per heavy atom. The van der Waals surface area contributed by atoms with Crippen LogP contribution in [-0.2, 0) is 0 Å². The summed E-state index contributed by atoms with van der Waals surface area (Å²) in [5, 5.41) is 12.3. The molecule has 1 unspecified atom stereocenters. The highest BCUT2D eigenvalue weighted by atomic mass is 14.9. The van der Waals surface area contributed by atoms with E-state index in [0.717, 1.165) is 25.1 Å². The molecule has 1 aromatic carbocycles. The number of hydrogen-bond acceptors (Lipinski definition) is 2. The molecule has 1 heterocycles. The van der Waals surface area contributed by atoms with Gasteiger partial charge in [-0.25, -0.2) is 0 Å². The van der Waals surface area contributed by atoms with Gasteiger partial charge in [-0.05, 0) is 37.4 Å². The Bertz CT molecular complexity index is 370. The summed E-state index contributed by atoms with van der Waals surface area (Å²) in [5.41, 5.74) is 3.30. The van der Waals surface area contributed by atoms with Crippen molar-refractivity contribution in [2.45, 2.75) is 19.3 Å². The Morgan fingerprint density at radius 2 is 2.36 bits per heavy atom. The molecule has 2 rings (SSSR count). The Kier molecular flexibility index (Phi) is 2.51. The number of rotatable bonds is 1. The molecule has 0 aliphatic carbocycles. The summed E-state index contributed by atoms with van der Waals surface area (Å²) < 4.78 is 0. The van der Waals surface area contributed by atoms with E-state index in [1.54, 1.807) is 0 Å². The van der Waals surface area contributed by atoms with Crippen LogP contribution in [0.3, 0.4) is 0 Å². The molecule has 1 aliphatic rings. The molecule has 2 nitrogen and oxygen atoms in total. The van der Waals surface area contributed by atoms with E-state index in [1.807, 2.05) is 12.1 Å². The molecule has 0 aromatic heterocycles. The van der Waals surface area contributed by atoms with Gasteiger partial charge in [-0.2, -0.15) is 5.26 Å². The van der Waals surface area contributed by atoms with Gasteiger partial charge in [-0.15, -0.1) is 0 Å². The minimum absolute atomic E-state index is 0.532. The lowest BCUT2D eigenvalue weighted by Crippen LogP contribution is -2.09. The van der Waals surface area contributed by atoms with Crippen LogP contribution in [0.15, 0.2) is 18.2 Å². The molecule has 72 valence electrons. The fourth-order valence-corrected chi connectivity index (χ4v) is 2.04. The second-order valence-electron chi connectivity index (χ2n) is 3.89. The van der Waals surface area contributed by atoms with Gasteiger partial charge >= 0.3 is 0 Å². The molecule has 0 radical (unpaired) electrons. The van der Waals surface area contributed by atoms with Crippen LogP contribution in [0, 0.1) is 18.3 Å². The summed E-state index contributed by atoms with van der Waals surface area (Å²) in [4.78, 5) is 0. The molecule has 0 amide bonds. The lowest BCUT2D eigenvalue weighted by Gasteiger charge is -2.11. The molecule has 0 saturated carbocycles. The van der Waals surface area contributed by atoms with Gasteiger partial charge in [0.25, 0.3) is 0 Å². The standard InChI is InChI=1S/C12H14N2/c1-9-2-3-10(7-13)12(6-9)11-4-5-14-8-11/h2-3,6,11,14H,4-5,8H2,1H3. The summed E-state index contributed by atoms with van der Waals surface area (Å²) in [6.07, 6.45) is 1.15. The van der Waals surface area contributed by atoms with Gasteiger partial charge in [-0.1, -0.05) is 17.7 Å². The van der Waals surface area contributed by atoms with Crippen molar-refractivity contribution in [3.8, 4) is 6.07 Å². The fraction of sp³-hybridized carbons (Fsp3) is 0.417. The van der Waals surface area contributed by atoms with E-state index in [0.29, 0.717) is 5.92 Å². The Labute approximate surface area is 84.6 Å². The van der Waals surface area contributed by atoms with Crippen molar-refractivity contribution < 1.29 is 0 Å². The third-order valence-corrected chi connectivity index (χ3v) is 2.83. The highest BCUT2D eigenvalue weighted by Crippen LogP contribution is 2.26. The topological polar surface area (TPSA) is 35.8 Å². The lowest BCUT2D eigenvalue weighted by molar-refractivity contribution is 0.760. The third kappa shape index (κ3) is 1.64. The second kappa shape index (κ2) is 3.81. The van der Waals surface area contributed by atoms with Gasteiger partial charge in [-0.3, -0.25) is 0 Å². The zero-order valence-electron chi connectivity index (χ0n) is 8.38. The van der Waals surface area contributed by atoms with Crippen molar-refractivity contribution in [2.24, 2.45) is 0 Å². The summed E-state index contributed by atoms with van der Waals surface area (Å²) in [5.74, 6) is 0.532. The van der Waals surface area contributed by atoms with Crippen LogP contribution in [0.1, 0.15) is 29.0 Å². The monoisotopic (exact) mass is 186 g/mol. The summed E-state index contributed by atoms with van der Waals surface area (Å²) >= 11 is 0. The second-order valence-corrected chi connectivity index (χ2v) is 3.89. The van der Waals surface area contributed by atoms with Crippen LogP contribution in [0.2, 0.25) is 0 Å². The number of benzene rings is 1. The van der Waals surface area contributed by atoms with Crippen LogP contribution >= 0.6 is 0 Å². The smallest absolute Gasteiger partial charge is 0.0994 e. The van der Waals surface area contributed by atoms with E-state index in [1.165, 1.54) is 11.1 Å². The van der Waals surface area contributed by atoms with Crippen molar-refractivity contribution >= 4 is 0 Å². The largest absolute Gasteiger partial charge is 0.316 e. The van der Waals surface area contributed by atoms with Crippen molar-refractivity contribution in [3.63, 3.8) is 0 Å². The number of hydrogen-bond donors (Lipinski definition) is 1. The molecule has 0 spiro atoms. The highest BCUT2D eigenvalue weighted by molar-refractivity contribution is 5.42. The predicted octanol–water partition coefficient (Wildman–Crippen LogP) is 1.94. The Morgan fingerprint density at radius 1 is 1.50 bits per heavy atom. The summed E-state index contributed by atoms with van der Waals surface area (Å²) in [6, 6.07) is 8.36. The van der Waals surface area contributed by atoms with Crippen molar-refractivity contribution in [3.05, 3.63) is 34.9 Å². The molecule has 2 heteroatoms. The molecular formula is C12H14N2. The highest BCUT2D eigenvalue weighted by Gasteiger charge is 2.19. The Balaban J connectivity index is 2.39. The van der Waals surface area contributed by atoms with Gasteiger partial charge in [0.15, 0.2) is 0 Å². The van der Waals surface area contributed by atoms with Crippen LogP contribution < -0.4 is 5.32 Å². The van der Waals surface area contributed by atoms with E-state index in [-0.39, 0.29) is 0 Å². The normalized spacial score (nSPS) is 20.7. The van der Waals surface area contributed by atoms with Gasteiger partial charge in [0, 0.05) is 6.54 Å². The van der Waals surface area contributed by atoms with Crippen LogP contribution in [0.5, 0.6) is 0 Å². The first-order chi connectivity index (χ1) is 6.81. The maximum atomic E-state index is 9.00. The average molecular weight is 186 g/mol. The minimum Gasteiger partial charge on any atom is -0.316 e. The lowest BCUT2D eigenvalue weighted by atomic mass is 9.92. The molecular weight excluding hydrogens is 172 g/mol. The van der Waals surface area contributed by atoms with Gasteiger partial charge < -0.3 is 5.32 Å². The first kappa shape index (κ1) is 9.23. The first-order valence-corrected chi connectivity index (χ1v) is 5.02. The molecule has 1 fully saturated rings. The zero-order valence-corrected chi connectivity index (χ0v) is 8.38. The van der Waals surface area contributed by atoms with Crippen molar-refractivity contribution in [1.29, 1.82) is 5.26 Å².